The molecule has 3 saturated heterocycles. The average molecular weight is 589 g/mol. The number of nitrogens with one attached hydrogen (secondary N) is 2. The van der Waals surface area contributed by atoms with Crippen molar-refractivity contribution in [1.82, 2.24) is 24.8 Å². The highest BCUT2D eigenvalue weighted by Crippen LogP contribution is 2.24. The molecule has 226 valence electrons. The molecule has 43 heavy (non-hydrogen) atoms. The van der Waals surface area contributed by atoms with Crippen LogP contribution < -0.4 is 20.3 Å². The van der Waals surface area contributed by atoms with E-state index in [4.69, 9.17) is 19.2 Å². The van der Waals surface area contributed by atoms with Gasteiger partial charge in [-0.1, -0.05) is 0 Å². The van der Waals surface area contributed by atoms with Crippen LogP contribution in [0.2, 0.25) is 0 Å². The van der Waals surface area contributed by atoms with E-state index in [0.29, 0.717) is 81.3 Å². The van der Waals surface area contributed by atoms with Crippen LogP contribution in [0.4, 0.5) is 22.1 Å². The third-order valence-electron chi connectivity index (χ3n) is 7.64. The van der Waals surface area contributed by atoms with E-state index in [1.54, 1.807) is 36.4 Å². The molecule has 0 aliphatic carbocycles. The van der Waals surface area contributed by atoms with Gasteiger partial charge in [0.05, 0.1) is 26.4 Å². The zero-order valence-electron chi connectivity index (χ0n) is 24.2. The Bertz CT molecular complexity index is 1400. The second-order valence-corrected chi connectivity index (χ2v) is 10.8. The van der Waals surface area contributed by atoms with Gasteiger partial charge in [-0.15, -0.1) is 0 Å². The van der Waals surface area contributed by atoms with Crippen LogP contribution >= 0.6 is 0 Å². The lowest BCUT2D eigenvalue weighted by Crippen LogP contribution is -2.47. The molecule has 3 amide bonds. The Morgan fingerprint density at radius 1 is 0.814 bits per heavy atom. The predicted octanol–water partition coefficient (Wildman–Crippen LogP) is 2.57. The number of morpholine rings is 1. The largest absolute Gasteiger partial charge is 0.457 e. The fraction of sp³-hybridized carbons (Fsp3) is 0.433. The van der Waals surface area contributed by atoms with Gasteiger partial charge in [-0.3, -0.25) is 4.79 Å². The lowest BCUT2D eigenvalue weighted by Gasteiger charge is -2.32. The number of likely N-dealkylation sites (N-methyl/N-ethyl adjacent to an activating group) is 1. The van der Waals surface area contributed by atoms with Crippen LogP contribution in [0.1, 0.15) is 16.8 Å². The molecule has 6 rings (SSSR count). The second-order valence-electron chi connectivity index (χ2n) is 10.8. The number of aromatic nitrogens is 3. The number of benzene rings is 2. The summed E-state index contributed by atoms with van der Waals surface area (Å²) in [5, 5.41) is 5.66. The summed E-state index contributed by atoms with van der Waals surface area (Å²) in [5.74, 6) is 1.03. The smallest absolute Gasteiger partial charge is 0.323 e. The Balaban J connectivity index is 1.09. The van der Waals surface area contributed by atoms with Crippen molar-refractivity contribution in [2.75, 3.05) is 88.3 Å². The van der Waals surface area contributed by atoms with Crippen LogP contribution in [0, 0.1) is 0 Å². The van der Waals surface area contributed by atoms with E-state index < -0.39 is 6.03 Å². The second kappa shape index (κ2) is 13.3. The molecule has 0 bridgehead atoms. The molecule has 4 heterocycles. The Labute approximate surface area is 250 Å². The summed E-state index contributed by atoms with van der Waals surface area (Å²) in [6.07, 6.45) is 0.696. The summed E-state index contributed by atoms with van der Waals surface area (Å²) >= 11 is 0. The zero-order valence-corrected chi connectivity index (χ0v) is 24.2. The van der Waals surface area contributed by atoms with Gasteiger partial charge in [0.15, 0.2) is 5.82 Å². The molecule has 13 heteroatoms. The van der Waals surface area contributed by atoms with Crippen molar-refractivity contribution in [3.8, 4) is 17.4 Å². The van der Waals surface area contributed by atoms with Crippen LogP contribution in [0.3, 0.4) is 0 Å². The highest BCUT2D eigenvalue weighted by Gasteiger charge is 2.23. The number of nitrogens with zero attached hydrogens (tertiary/aromatic N) is 6. The molecule has 1 aromatic heterocycles. The van der Waals surface area contributed by atoms with E-state index in [0.717, 1.165) is 25.1 Å². The number of hydrogen-bond donors (Lipinski definition) is 2. The SMILES string of the molecule is CN1CCN(C(=O)c2ccc(NC(=O)Nc3ccc(-c4nc(O[C@H]5CCOC5)nc(N5CCOCC5)n4)cc3)cc2)CC1. The number of piperazine rings is 1. The molecule has 2 aromatic carbocycles. The van der Waals surface area contributed by atoms with Gasteiger partial charge in [-0.05, 0) is 55.6 Å². The van der Waals surface area contributed by atoms with Gasteiger partial charge in [-0.25, -0.2) is 4.79 Å². The Hall–Kier alpha value is -4.33. The summed E-state index contributed by atoms with van der Waals surface area (Å²) in [5.41, 5.74) is 2.55. The van der Waals surface area contributed by atoms with Crippen molar-refractivity contribution in [1.29, 1.82) is 0 Å². The first-order valence-electron chi connectivity index (χ1n) is 14.6. The van der Waals surface area contributed by atoms with Crippen LogP contribution in [-0.4, -0.2) is 116 Å². The minimum atomic E-state index is -0.393. The van der Waals surface area contributed by atoms with Gasteiger partial charge < -0.3 is 39.5 Å². The Morgan fingerprint density at radius 2 is 1.49 bits per heavy atom. The highest BCUT2D eigenvalue weighted by molar-refractivity contribution is 6.00. The molecule has 3 aliphatic rings. The molecule has 3 aliphatic heterocycles. The van der Waals surface area contributed by atoms with E-state index >= 15 is 0 Å². The maximum Gasteiger partial charge on any atom is 0.323 e. The van der Waals surface area contributed by atoms with Crippen molar-refractivity contribution in [3.63, 3.8) is 0 Å². The molecule has 0 saturated carbocycles. The van der Waals surface area contributed by atoms with Crippen LogP contribution in [0.15, 0.2) is 48.5 Å². The number of amides is 3. The monoisotopic (exact) mass is 588 g/mol. The number of ether oxygens (including phenoxy) is 3. The lowest BCUT2D eigenvalue weighted by molar-refractivity contribution is 0.0664. The summed E-state index contributed by atoms with van der Waals surface area (Å²) in [7, 11) is 2.05. The Kier molecular flexibility index (Phi) is 8.91. The van der Waals surface area contributed by atoms with Crippen molar-refractivity contribution >= 4 is 29.3 Å². The minimum Gasteiger partial charge on any atom is -0.457 e. The number of urea groups is 1. The van der Waals surface area contributed by atoms with Crippen LogP contribution in [0.25, 0.3) is 11.4 Å². The van der Waals surface area contributed by atoms with E-state index in [1.165, 1.54) is 0 Å². The van der Waals surface area contributed by atoms with E-state index in [9.17, 15) is 9.59 Å². The molecular weight excluding hydrogens is 552 g/mol. The maximum absolute atomic E-state index is 12.8. The third kappa shape index (κ3) is 7.37. The normalized spacial score (nSPS) is 19.2. The number of rotatable bonds is 7. The Morgan fingerprint density at radius 3 is 2.14 bits per heavy atom. The first kappa shape index (κ1) is 28.8. The molecule has 0 radical (unpaired) electrons. The van der Waals surface area contributed by atoms with Crippen LogP contribution in [-0.2, 0) is 9.47 Å². The van der Waals surface area contributed by atoms with Gasteiger partial charge in [0.2, 0.25) is 5.95 Å². The standard InChI is InChI=1S/C30H36N8O5/c1-36-11-13-37(14-12-36)27(39)22-4-8-24(9-5-22)32-29(40)31-23-6-2-21(3-7-23)26-33-28(38-15-18-41-19-16-38)35-30(34-26)43-25-10-17-42-20-25/h2-9,25H,10-20H2,1H3,(H2,31,32,40)/t25-/m0/s1. The van der Waals surface area contributed by atoms with Crippen molar-refractivity contribution in [2.24, 2.45) is 0 Å². The van der Waals surface area contributed by atoms with Crippen molar-refractivity contribution in [2.45, 2.75) is 12.5 Å². The van der Waals surface area contributed by atoms with Crippen molar-refractivity contribution < 1.29 is 23.8 Å². The number of carbonyl (C=O) groups excluding carboxylic acids is 2. The van der Waals surface area contributed by atoms with Gasteiger partial charge in [-0.2, -0.15) is 15.0 Å². The summed E-state index contributed by atoms with van der Waals surface area (Å²) in [6, 6.07) is 14.1. The average Bonchev–Trinajstić information content (AvgIpc) is 3.55. The highest BCUT2D eigenvalue weighted by atomic mass is 16.6. The fourth-order valence-corrected chi connectivity index (χ4v) is 5.07. The quantitative estimate of drug-likeness (QED) is 0.424. The van der Waals surface area contributed by atoms with Gasteiger partial charge >= 0.3 is 12.0 Å². The van der Waals surface area contributed by atoms with E-state index in [1.807, 2.05) is 17.0 Å². The maximum atomic E-state index is 12.8. The van der Waals surface area contributed by atoms with Gasteiger partial charge in [0.1, 0.15) is 6.10 Å². The fourth-order valence-electron chi connectivity index (χ4n) is 5.07. The molecule has 3 fully saturated rings. The topological polar surface area (TPSA) is 134 Å². The van der Waals surface area contributed by atoms with Crippen LogP contribution in [0.5, 0.6) is 6.01 Å². The molecular formula is C30H36N8O5. The number of carbonyl (C=O) groups is 2. The molecule has 2 N–H and O–H groups in total. The molecule has 0 spiro atoms. The molecule has 3 aromatic rings. The zero-order chi connectivity index (χ0) is 29.6. The third-order valence-corrected chi connectivity index (χ3v) is 7.64. The first-order chi connectivity index (χ1) is 21.0. The molecule has 13 nitrogen and oxygen atoms in total. The van der Waals surface area contributed by atoms with E-state index in [-0.39, 0.29) is 18.0 Å². The van der Waals surface area contributed by atoms with Gasteiger partial charge in [0.25, 0.3) is 5.91 Å². The molecule has 0 unspecified atom stereocenters. The van der Waals surface area contributed by atoms with E-state index in [2.05, 4.69) is 37.4 Å². The lowest BCUT2D eigenvalue weighted by atomic mass is 10.1. The minimum absolute atomic E-state index is 0.00525. The molecule has 1 atom stereocenters. The first-order valence-corrected chi connectivity index (χ1v) is 14.6. The summed E-state index contributed by atoms with van der Waals surface area (Å²) < 4.78 is 16.9. The number of hydrogen-bond acceptors (Lipinski definition) is 10. The predicted molar refractivity (Wildman–Crippen MR) is 161 cm³/mol. The van der Waals surface area contributed by atoms with Crippen molar-refractivity contribution in [3.05, 3.63) is 54.1 Å². The summed E-state index contributed by atoms with van der Waals surface area (Å²) in [4.78, 5) is 45.4. The number of anilines is 3. The summed E-state index contributed by atoms with van der Waals surface area (Å²) in [6.45, 7) is 6.90. The van der Waals surface area contributed by atoms with Gasteiger partial charge in [0, 0.05) is 68.2 Å².